The molecule has 0 radical (unpaired) electrons. The monoisotopic (exact) mass is 255 g/mol. The van der Waals surface area contributed by atoms with Gasteiger partial charge < -0.3 is 19.2 Å². The zero-order valence-electron chi connectivity index (χ0n) is 10.5. The topological polar surface area (TPSA) is 43.5 Å². The maximum atomic E-state index is 5.77. The molecule has 4 rings (SSSR count). The molecule has 0 saturated heterocycles. The van der Waals surface area contributed by atoms with Gasteiger partial charge in [-0.3, -0.25) is 0 Å². The van der Waals surface area contributed by atoms with Gasteiger partial charge in [0.2, 0.25) is 5.75 Å². The first-order valence-corrected chi connectivity index (χ1v) is 6.25. The van der Waals surface area contributed by atoms with Gasteiger partial charge in [-0.1, -0.05) is 18.2 Å². The van der Waals surface area contributed by atoms with Crippen LogP contribution in [0.4, 0.5) is 0 Å². The molecule has 1 aromatic heterocycles. The Hall–Kier alpha value is -2.36. The average Bonchev–Trinajstić information content (AvgIpc) is 2.85. The van der Waals surface area contributed by atoms with E-state index in [9.17, 15) is 0 Å². The van der Waals surface area contributed by atoms with Crippen LogP contribution in [0.2, 0.25) is 0 Å². The van der Waals surface area contributed by atoms with E-state index in [0.29, 0.717) is 24.7 Å². The van der Waals surface area contributed by atoms with Gasteiger partial charge in [0.25, 0.3) is 0 Å². The number of aromatic nitrogens is 1. The largest absolute Gasteiger partial charge is 0.493 e. The summed E-state index contributed by atoms with van der Waals surface area (Å²) in [6.45, 7) is 1.11. The molecule has 1 N–H and O–H groups in total. The highest BCUT2D eigenvalue weighted by Crippen LogP contribution is 2.46. The molecule has 0 saturated carbocycles. The smallest absolute Gasteiger partial charge is 0.205 e. The lowest BCUT2D eigenvalue weighted by Crippen LogP contribution is -2.16. The standard InChI is InChI=1S/C15H13NO3/c1-17-12-8-10-9-4-2-3-5-11(9)16-13(10)15-14(12)18-6-7-19-15/h2-5,8,16H,6-7H2,1H3. The minimum atomic E-state index is 0.551. The van der Waals surface area contributed by atoms with E-state index in [0.717, 1.165) is 27.6 Å². The van der Waals surface area contributed by atoms with Gasteiger partial charge in [0.05, 0.1) is 12.6 Å². The molecular formula is C15H13NO3. The summed E-state index contributed by atoms with van der Waals surface area (Å²) in [5, 5.41) is 2.25. The summed E-state index contributed by atoms with van der Waals surface area (Å²) >= 11 is 0. The number of methoxy groups -OCH3 is 1. The highest BCUT2D eigenvalue weighted by Gasteiger charge is 2.22. The second-order valence-corrected chi connectivity index (χ2v) is 4.53. The molecular weight excluding hydrogens is 242 g/mol. The van der Waals surface area contributed by atoms with Crippen LogP contribution < -0.4 is 14.2 Å². The van der Waals surface area contributed by atoms with Crippen LogP contribution in [-0.4, -0.2) is 25.3 Å². The van der Waals surface area contributed by atoms with Gasteiger partial charge in [0.1, 0.15) is 13.2 Å². The molecule has 2 aromatic carbocycles. The van der Waals surface area contributed by atoms with Crippen LogP contribution in [-0.2, 0) is 0 Å². The fourth-order valence-electron chi connectivity index (χ4n) is 2.63. The summed E-state index contributed by atoms with van der Waals surface area (Å²) in [5.41, 5.74) is 2.05. The van der Waals surface area contributed by atoms with E-state index in [-0.39, 0.29) is 0 Å². The number of ether oxygens (including phenoxy) is 3. The quantitative estimate of drug-likeness (QED) is 0.726. The van der Waals surface area contributed by atoms with Crippen molar-refractivity contribution < 1.29 is 14.2 Å². The van der Waals surface area contributed by atoms with E-state index in [1.54, 1.807) is 7.11 Å². The Labute approximate surface area is 109 Å². The molecule has 3 aromatic rings. The van der Waals surface area contributed by atoms with Crippen LogP contribution in [0.3, 0.4) is 0 Å². The van der Waals surface area contributed by atoms with Crippen molar-refractivity contribution in [3.05, 3.63) is 30.3 Å². The summed E-state index contributed by atoms with van der Waals surface area (Å²) in [7, 11) is 1.65. The maximum Gasteiger partial charge on any atom is 0.205 e. The lowest BCUT2D eigenvalue weighted by molar-refractivity contribution is 0.167. The molecule has 0 aliphatic carbocycles. The molecule has 19 heavy (non-hydrogen) atoms. The SMILES string of the molecule is COc1cc2c([nH]c3ccccc32)c2c1OCCO2. The number of aromatic amines is 1. The highest BCUT2D eigenvalue weighted by atomic mass is 16.6. The fraction of sp³-hybridized carbons (Fsp3) is 0.200. The Balaban J connectivity index is 2.17. The van der Waals surface area contributed by atoms with E-state index in [1.807, 2.05) is 18.2 Å². The Morgan fingerprint density at radius 3 is 2.68 bits per heavy atom. The van der Waals surface area contributed by atoms with Gasteiger partial charge in [0, 0.05) is 16.3 Å². The third kappa shape index (κ3) is 1.40. The number of fused-ring (bicyclic) bond motifs is 5. The molecule has 2 heterocycles. The molecule has 1 aliphatic heterocycles. The second kappa shape index (κ2) is 3.82. The lowest BCUT2D eigenvalue weighted by Gasteiger charge is -2.21. The normalized spacial score (nSPS) is 13.9. The highest BCUT2D eigenvalue weighted by molar-refractivity contribution is 6.10. The van der Waals surface area contributed by atoms with Gasteiger partial charge in [-0.25, -0.2) is 0 Å². The Bertz CT molecular complexity index is 776. The van der Waals surface area contributed by atoms with Gasteiger partial charge in [0.15, 0.2) is 11.5 Å². The zero-order chi connectivity index (χ0) is 12.8. The number of hydrogen-bond donors (Lipinski definition) is 1. The summed E-state index contributed by atoms with van der Waals surface area (Å²) < 4.78 is 16.9. The maximum absolute atomic E-state index is 5.77. The molecule has 0 atom stereocenters. The Morgan fingerprint density at radius 1 is 1.05 bits per heavy atom. The Morgan fingerprint density at radius 2 is 1.84 bits per heavy atom. The van der Waals surface area contributed by atoms with Crippen molar-refractivity contribution in [2.75, 3.05) is 20.3 Å². The van der Waals surface area contributed by atoms with Crippen LogP contribution in [0.25, 0.3) is 21.8 Å². The number of rotatable bonds is 1. The van der Waals surface area contributed by atoms with Crippen molar-refractivity contribution >= 4 is 21.8 Å². The zero-order valence-corrected chi connectivity index (χ0v) is 10.5. The predicted octanol–water partition coefficient (Wildman–Crippen LogP) is 3.10. The van der Waals surface area contributed by atoms with E-state index >= 15 is 0 Å². The minimum Gasteiger partial charge on any atom is -0.493 e. The van der Waals surface area contributed by atoms with Crippen molar-refractivity contribution in [3.63, 3.8) is 0 Å². The van der Waals surface area contributed by atoms with Crippen LogP contribution in [0.15, 0.2) is 30.3 Å². The third-order valence-corrected chi connectivity index (χ3v) is 3.47. The molecule has 96 valence electrons. The van der Waals surface area contributed by atoms with Gasteiger partial charge in [-0.15, -0.1) is 0 Å². The molecule has 0 bridgehead atoms. The molecule has 4 nitrogen and oxygen atoms in total. The van der Waals surface area contributed by atoms with Gasteiger partial charge in [-0.05, 0) is 12.1 Å². The lowest BCUT2D eigenvalue weighted by atomic mass is 10.1. The molecule has 1 aliphatic rings. The summed E-state index contributed by atoms with van der Waals surface area (Å²) in [6, 6.07) is 10.2. The first-order valence-electron chi connectivity index (χ1n) is 6.25. The Kier molecular flexibility index (Phi) is 2.12. The molecule has 0 amide bonds. The van der Waals surface area contributed by atoms with Crippen molar-refractivity contribution in [1.29, 1.82) is 0 Å². The molecule has 0 unspecified atom stereocenters. The van der Waals surface area contributed by atoms with E-state index in [2.05, 4.69) is 17.1 Å². The van der Waals surface area contributed by atoms with Crippen LogP contribution >= 0.6 is 0 Å². The third-order valence-electron chi connectivity index (χ3n) is 3.47. The van der Waals surface area contributed by atoms with Gasteiger partial charge >= 0.3 is 0 Å². The van der Waals surface area contributed by atoms with Crippen molar-refractivity contribution in [2.45, 2.75) is 0 Å². The number of para-hydroxylation sites is 1. The minimum absolute atomic E-state index is 0.551. The number of hydrogen-bond acceptors (Lipinski definition) is 3. The number of benzene rings is 2. The van der Waals surface area contributed by atoms with Crippen LogP contribution in [0, 0.1) is 0 Å². The van der Waals surface area contributed by atoms with Crippen LogP contribution in [0.5, 0.6) is 17.2 Å². The average molecular weight is 255 g/mol. The number of H-pyrrole nitrogens is 1. The fourth-order valence-corrected chi connectivity index (χ4v) is 2.63. The summed E-state index contributed by atoms with van der Waals surface area (Å²) in [4.78, 5) is 3.40. The van der Waals surface area contributed by atoms with Crippen molar-refractivity contribution in [1.82, 2.24) is 4.98 Å². The molecule has 0 fully saturated rings. The first-order chi connectivity index (χ1) is 9.38. The van der Waals surface area contributed by atoms with Gasteiger partial charge in [-0.2, -0.15) is 0 Å². The summed E-state index contributed by atoms with van der Waals surface area (Å²) in [6.07, 6.45) is 0. The van der Waals surface area contributed by atoms with E-state index in [1.165, 1.54) is 0 Å². The molecule has 0 spiro atoms. The van der Waals surface area contributed by atoms with Crippen molar-refractivity contribution in [3.8, 4) is 17.2 Å². The van der Waals surface area contributed by atoms with E-state index < -0.39 is 0 Å². The summed E-state index contributed by atoms with van der Waals surface area (Å²) in [5.74, 6) is 2.15. The molecule has 4 heteroatoms. The first kappa shape index (κ1) is 10.6. The predicted molar refractivity (Wildman–Crippen MR) is 73.3 cm³/mol. The van der Waals surface area contributed by atoms with E-state index in [4.69, 9.17) is 14.2 Å². The second-order valence-electron chi connectivity index (χ2n) is 4.53. The number of nitrogens with one attached hydrogen (secondary N) is 1. The van der Waals surface area contributed by atoms with Crippen LogP contribution in [0.1, 0.15) is 0 Å². The van der Waals surface area contributed by atoms with Crippen molar-refractivity contribution in [2.24, 2.45) is 0 Å².